The molecule has 0 N–H and O–H groups in total. The molecule has 0 radical (unpaired) electrons. The number of ether oxygens (including phenoxy) is 11. The first kappa shape index (κ1) is 40.9. The largest absolute Gasteiger partial charge is 0.491 e. The van der Waals surface area contributed by atoms with Crippen LogP contribution in [0.5, 0.6) is 11.5 Å². The summed E-state index contributed by atoms with van der Waals surface area (Å²) < 4.78 is 60.7. The lowest BCUT2D eigenvalue weighted by Crippen LogP contribution is -2.55. The van der Waals surface area contributed by atoms with Gasteiger partial charge in [-0.3, -0.25) is 0 Å². The highest BCUT2D eigenvalue weighted by Crippen LogP contribution is 2.33. The average molecular weight is 812 g/mol. The lowest BCUT2D eigenvalue weighted by molar-refractivity contribution is 0.0366. The molecule has 7 aliphatic rings. The Morgan fingerprint density at radius 1 is 0.466 bits per heavy atom. The molecular formula is C41H53N3O14. The fourth-order valence-electron chi connectivity index (χ4n) is 5.97. The van der Waals surface area contributed by atoms with Gasteiger partial charge in [0.1, 0.15) is 49.1 Å². The quantitative estimate of drug-likeness (QED) is 0.108. The average Bonchev–Trinajstić information content (AvgIpc) is 4.01. The Hall–Kier alpha value is -3.91. The van der Waals surface area contributed by atoms with Gasteiger partial charge in [-0.05, 0) is 35.4 Å². The van der Waals surface area contributed by atoms with Crippen LogP contribution in [0.2, 0.25) is 0 Å². The third-order valence-electron chi connectivity index (χ3n) is 10.4. The van der Waals surface area contributed by atoms with Crippen LogP contribution in [0.3, 0.4) is 0 Å². The van der Waals surface area contributed by atoms with Crippen LogP contribution in [0.1, 0.15) is 25.0 Å². The van der Waals surface area contributed by atoms with Crippen LogP contribution in [0.4, 0.5) is 0 Å². The van der Waals surface area contributed by atoms with Gasteiger partial charge in [-0.15, -0.1) is 0 Å². The first-order valence-electron chi connectivity index (χ1n) is 20.1. The van der Waals surface area contributed by atoms with Crippen molar-refractivity contribution in [3.05, 3.63) is 91.1 Å². The van der Waals surface area contributed by atoms with Crippen molar-refractivity contribution in [2.24, 2.45) is 0 Å². The molecule has 8 heterocycles. The minimum atomic E-state index is -0.594. The van der Waals surface area contributed by atoms with Gasteiger partial charge >= 0.3 is 17.1 Å². The second-order valence-electron chi connectivity index (χ2n) is 15.8. The minimum Gasteiger partial charge on any atom is -0.491 e. The molecule has 7 fully saturated rings. The van der Waals surface area contributed by atoms with Crippen molar-refractivity contribution in [1.82, 2.24) is 13.7 Å². The monoisotopic (exact) mass is 811 g/mol. The standard InChI is InChI=1S/C21H24O4.C12H15N3O6.C8H14O4/c1-21(2,15-3-7-17(8-4-15)22-11-19-13-24-19)16-5-9-18(10-6-16)23-12-20-14-25-20;16-10-13(1-7-4-19-7)11(17)15(3-9-6-21-9)12(18)14(10)2-8-5-20-8;1(9-3-7-5-11-7)2-10-4-8-6-12-8/h3-10,19-20H,11-14H2,1-2H3;7-9H,1-6H2;7-8H,1-6H2. The summed E-state index contributed by atoms with van der Waals surface area (Å²) in [6.45, 7) is 13.9. The molecule has 0 spiro atoms. The maximum Gasteiger partial charge on any atom is 0.336 e. The van der Waals surface area contributed by atoms with Gasteiger partial charge in [-0.2, -0.15) is 0 Å². The van der Waals surface area contributed by atoms with E-state index >= 15 is 0 Å². The molecular weight excluding hydrogens is 758 g/mol. The third-order valence-corrected chi connectivity index (χ3v) is 10.4. The van der Waals surface area contributed by atoms with E-state index in [4.69, 9.17) is 52.1 Å². The highest BCUT2D eigenvalue weighted by atomic mass is 16.6. The van der Waals surface area contributed by atoms with Gasteiger partial charge in [0.2, 0.25) is 0 Å². The third kappa shape index (κ3) is 12.5. The molecule has 7 aliphatic heterocycles. The van der Waals surface area contributed by atoms with Crippen LogP contribution in [-0.4, -0.2) is 142 Å². The van der Waals surface area contributed by atoms with Gasteiger partial charge in [0, 0.05) is 5.41 Å². The fourth-order valence-corrected chi connectivity index (χ4v) is 5.97. The summed E-state index contributed by atoms with van der Waals surface area (Å²) in [5.74, 6) is 1.78. The number of hydrogen-bond acceptors (Lipinski definition) is 14. The highest BCUT2D eigenvalue weighted by molar-refractivity contribution is 5.41. The summed E-state index contributed by atoms with van der Waals surface area (Å²) >= 11 is 0. The molecule has 0 bridgehead atoms. The second kappa shape index (κ2) is 18.6. The molecule has 2 aromatic carbocycles. The Balaban J connectivity index is 0.000000129. The Bertz CT molecular complexity index is 1760. The lowest BCUT2D eigenvalue weighted by atomic mass is 9.78. The van der Waals surface area contributed by atoms with Gasteiger partial charge in [0.25, 0.3) is 0 Å². The lowest BCUT2D eigenvalue weighted by Gasteiger charge is -2.26. The first-order chi connectivity index (χ1) is 28.2. The molecule has 0 aliphatic carbocycles. The van der Waals surface area contributed by atoms with E-state index in [2.05, 4.69) is 38.1 Å². The molecule has 58 heavy (non-hydrogen) atoms. The van der Waals surface area contributed by atoms with Crippen LogP contribution < -0.4 is 26.5 Å². The van der Waals surface area contributed by atoms with E-state index in [0.717, 1.165) is 51.6 Å². The van der Waals surface area contributed by atoms with E-state index < -0.39 is 17.1 Å². The predicted octanol–water partition coefficient (Wildman–Crippen LogP) is 0.753. The predicted molar refractivity (Wildman–Crippen MR) is 205 cm³/mol. The number of aromatic nitrogens is 3. The zero-order valence-electron chi connectivity index (χ0n) is 33.0. The maximum absolute atomic E-state index is 12.4. The smallest absolute Gasteiger partial charge is 0.336 e. The van der Waals surface area contributed by atoms with Crippen molar-refractivity contribution in [2.45, 2.75) is 81.6 Å². The zero-order chi connectivity index (χ0) is 40.1. The van der Waals surface area contributed by atoms with Crippen molar-refractivity contribution in [3.8, 4) is 11.5 Å². The van der Waals surface area contributed by atoms with Gasteiger partial charge in [0.15, 0.2) is 0 Å². The van der Waals surface area contributed by atoms with Crippen LogP contribution in [-0.2, 0) is 67.7 Å². The van der Waals surface area contributed by atoms with E-state index in [1.165, 1.54) is 11.1 Å². The molecule has 0 amide bonds. The van der Waals surface area contributed by atoms with Gasteiger partial charge < -0.3 is 52.1 Å². The Labute approximate surface area is 335 Å². The molecule has 0 saturated carbocycles. The summed E-state index contributed by atoms with van der Waals surface area (Å²) in [6, 6.07) is 16.7. The van der Waals surface area contributed by atoms with E-state index in [1.807, 2.05) is 24.3 Å². The molecule has 7 unspecified atom stereocenters. The molecule has 3 aromatic rings. The summed E-state index contributed by atoms with van der Waals surface area (Å²) in [5, 5.41) is 0. The van der Waals surface area contributed by atoms with E-state index in [-0.39, 0.29) is 55.6 Å². The second-order valence-corrected chi connectivity index (χ2v) is 15.8. The molecule has 316 valence electrons. The zero-order valence-corrected chi connectivity index (χ0v) is 33.0. The topological polar surface area (TPSA) is 191 Å². The Morgan fingerprint density at radius 2 is 0.741 bits per heavy atom. The number of hydrogen-bond donors (Lipinski definition) is 0. The molecule has 7 atom stereocenters. The molecule has 17 nitrogen and oxygen atoms in total. The minimum absolute atomic E-state index is 0.0870. The molecule has 17 heteroatoms. The highest BCUT2D eigenvalue weighted by Gasteiger charge is 2.32. The summed E-state index contributed by atoms with van der Waals surface area (Å²) in [4.78, 5) is 37.1. The van der Waals surface area contributed by atoms with Crippen LogP contribution in [0.25, 0.3) is 0 Å². The molecule has 10 rings (SSSR count). The molecule has 7 saturated heterocycles. The first-order valence-corrected chi connectivity index (χ1v) is 20.1. The van der Waals surface area contributed by atoms with Crippen molar-refractivity contribution in [3.63, 3.8) is 0 Å². The van der Waals surface area contributed by atoms with Gasteiger partial charge in [-0.1, -0.05) is 38.1 Å². The van der Waals surface area contributed by atoms with Crippen molar-refractivity contribution in [2.75, 3.05) is 85.9 Å². The Kier molecular flexibility index (Phi) is 13.1. The van der Waals surface area contributed by atoms with Crippen molar-refractivity contribution in [1.29, 1.82) is 0 Å². The van der Waals surface area contributed by atoms with Gasteiger partial charge in [-0.25, -0.2) is 28.1 Å². The maximum atomic E-state index is 12.4. The summed E-state index contributed by atoms with van der Waals surface area (Å²) in [7, 11) is 0. The van der Waals surface area contributed by atoms with Crippen molar-refractivity contribution < 1.29 is 52.1 Å². The fraction of sp³-hybridized carbons (Fsp3) is 0.634. The van der Waals surface area contributed by atoms with E-state index in [1.54, 1.807) is 0 Å². The van der Waals surface area contributed by atoms with Crippen LogP contribution >= 0.6 is 0 Å². The summed E-state index contributed by atoms with van der Waals surface area (Å²) in [6.07, 6.45) is 0.914. The number of rotatable bonds is 21. The number of epoxide rings is 7. The number of nitrogens with zero attached hydrogens (tertiary/aromatic N) is 3. The van der Waals surface area contributed by atoms with Gasteiger partial charge in [0.05, 0.1) is 111 Å². The summed E-state index contributed by atoms with van der Waals surface area (Å²) in [5.41, 5.74) is 0.637. The van der Waals surface area contributed by atoms with Crippen molar-refractivity contribution >= 4 is 0 Å². The molecule has 1 aromatic heterocycles. The number of benzene rings is 2. The van der Waals surface area contributed by atoms with E-state index in [0.29, 0.717) is 71.7 Å². The SMILES string of the molecule is C(COCC1CO1)OCC1CO1.CC(C)(c1ccc(OCC2CO2)cc1)c1ccc(OCC2CO2)cc1.O=c1n(CC2CO2)c(=O)n(CC2CO2)c(=O)n1CC1CO1. The Morgan fingerprint density at radius 3 is 1.02 bits per heavy atom. The normalized spacial score (nSPS) is 26.6. The van der Waals surface area contributed by atoms with E-state index in [9.17, 15) is 14.4 Å². The van der Waals surface area contributed by atoms with Crippen LogP contribution in [0, 0.1) is 0 Å². The van der Waals surface area contributed by atoms with Crippen LogP contribution in [0.15, 0.2) is 62.9 Å².